The largest absolute Gasteiger partial charge is 0.496 e. The van der Waals surface area contributed by atoms with Gasteiger partial charge in [-0.3, -0.25) is 10.1 Å². The Hall–Kier alpha value is -3.32. The van der Waals surface area contributed by atoms with Crippen molar-refractivity contribution in [1.29, 1.82) is 0 Å². The third-order valence-electron chi connectivity index (χ3n) is 4.18. The lowest BCUT2D eigenvalue weighted by Crippen LogP contribution is -2.11. The van der Waals surface area contributed by atoms with Crippen molar-refractivity contribution in [2.75, 3.05) is 25.8 Å². The first kappa shape index (κ1) is 20.4. The van der Waals surface area contributed by atoms with Crippen molar-refractivity contribution in [3.05, 3.63) is 70.3 Å². The number of rotatable bonds is 7. The van der Waals surface area contributed by atoms with E-state index >= 15 is 0 Å². The third-order valence-corrected chi connectivity index (χ3v) is 5.73. The summed E-state index contributed by atoms with van der Waals surface area (Å²) in [6, 6.07) is 11.6. The van der Waals surface area contributed by atoms with Gasteiger partial charge in [0.05, 0.1) is 17.7 Å². The quantitative estimate of drug-likeness (QED) is 0.356. The molecule has 2 aromatic carbocycles. The number of aromatic nitrogens is 3. The van der Waals surface area contributed by atoms with Crippen LogP contribution in [0.15, 0.2) is 48.8 Å². The van der Waals surface area contributed by atoms with Crippen LogP contribution in [0, 0.1) is 10.1 Å². The first-order valence-corrected chi connectivity index (χ1v) is 11.3. The molecule has 29 heavy (non-hydrogen) atoms. The highest BCUT2D eigenvalue weighted by Crippen LogP contribution is 2.38. The number of ether oxygens (including phenoxy) is 1. The molecule has 0 unspecified atom stereocenters. The highest BCUT2D eigenvalue weighted by molar-refractivity contribution is 7.70. The summed E-state index contributed by atoms with van der Waals surface area (Å²) in [5, 5.41) is 14.9. The number of benzene rings is 2. The summed E-state index contributed by atoms with van der Waals surface area (Å²) >= 11 is 0. The molecule has 1 aromatic heterocycles. The minimum absolute atomic E-state index is 0.0382. The number of nitrogens with one attached hydrogen (secondary N) is 1. The van der Waals surface area contributed by atoms with E-state index in [4.69, 9.17) is 4.74 Å². The van der Waals surface area contributed by atoms with Gasteiger partial charge in [0, 0.05) is 29.4 Å². The summed E-state index contributed by atoms with van der Waals surface area (Å²) in [5.74, 6) is 1.21. The molecule has 3 rings (SSSR count). The summed E-state index contributed by atoms with van der Waals surface area (Å²) in [6.45, 7) is 3.39. The molecule has 9 nitrogen and oxygen atoms in total. The van der Waals surface area contributed by atoms with Gasteiger partial charge in [0.1, 0.15) is 25.0 Å². The van der Waals surface area contributed by atoms with Crippen LogP contribution < -0.4 is 15.4 Å². The van der Waals surface area contributed by atoms with E-state index < -0.39 is 12.1 Å². The SMILES string of the molecule is COc1ccc([N+](=O)[O-])cc1Cc1ncnc(Nc2ccccc2P(C)(C)=O)n1. The molecule has 0 saturated heterocycles. The third kappa shape index (κ3) is 4.94. The van der Waals surface area contributed by atoms with Crippen molar-refractivity contribution < 1.29 is 14.2 Å². The Morgan fingerprint density at radius 1 is 1.17 bits per heavy atom. The van der Waals surface area contributed by atoms with E-state index in [-0.39, 0.29) is 12.1 Å². The zero-order valence-corrected chi connectivity index (χ0v) is 17.1. The van der Waals surface area contributed by atoms with E-state index in [0.29, 0.717) is 34.1 Å². The summed E-state index contributed by atoms with van der Waals surface area (Å²) in [4.78, 5) is 23.3. The first-order chi connectivity index (χ1) is 13.8. The van der Waals surface area contributed by atoms with Crippen LogP contribution in [0.25, 0.3) is 0 Å². The topological polar surface area (TPSA) is 120 Å². The van der Waals surface area contributed by atoms with Gasteiger partial charge in [0.25, 0.3) is 5.69 Å². The van der Waals surface area contributed by atoms with Crippen LogP contribution in [-0.2, 0) is 11.0 Å². The van der Waals surface area contributed by atoms with Crippen LogP contribution in [0.5, 0.6) is 5.75 Å². The summed E-state index contributed by atoms with van der Waals surface area (Å²) in [7, 11) is -1.00. The predicted octanol–water partition coefficient (Wildman–Crippen LogP) is 3.37. The van der Waals surface area contributed by atoms with E-state index in [2.05, 4.69) is 20.3 Å². The molecule has 0 aliphatic carbocycles. The number of nitro groups is 1. The standard InChI is InChI=1S/C19H20N5O4P/c1-28-16-9-8-14(24(25)26)10-13(16)11-18-20-12-21-19(23-18)22-15-6-4-5-7-17(15)29(2,3)27/h4-10,12H,11H2,1-3H3,(H,20,21,22,23). The maximum absolute atomic E-state index is 12.5. The normalized spacial score (nSPS) is 11.1. The molecule has 0 radical (unpaired) electrons. The smallest absolute Gasteiger partial charge is 0.269 e. The maximum atomic E-state index is 12.5. The van der Waals surface area contributed by atoms with Crippen LogP contribution in [-0.4, -0.2) is 40.3 Å². The number of non-ortho nitro benzene ring substituents is 1. The fraction of sp³-hybridized carbons (Fsp3) is 0.211. The van der Waals surface area contributed by atoms with Gasteiger partial charge in [0.2, 0.25) is 5.95 Å². The highest BCUT2D eigenvalue weighted by Gasteiger charge is 2.17. The molecule has 0 aliphatic rings. The summed E-state index contributed by atoms with van der Waals surface area (Å²) < 4.78 is 17.8. The van der Waals surface area contributed by atoms with Gasteiger partial charge in [-0.1, -0.05) is 12.1 Å². The van der Waals surface area contributed by atoms with Gasteiger partial charge < -0.3 is 14.6 Å². The number of hydrogen-bond donors (Lipinski definition) is 1. The van der Waals surface area contributed by atoms with Gasteiger partial charge in [-0.15, -0.1) is 0 Å². The average Bonchev–Trinajstić information content (AvgIpc) is 2.68. The molecule has 0 fully saturated rings. The van der Waals surface area contributed by atoms with Crippen LogP contribution >= 0.6 is 7.14 Å². The van der Waals surface area contributed by atoms with Crippen molar-refractivity contribution in [2.24, 2.45) is 0 Å². The fourth-order valence-electron chi connectivity index (χ4n) is 2.83. The average molecular weight is 413 g/mol. The second-order valence-electron chi connectivity index (χ2n) is 6.65. The summed E-state index contributed by atoms with van der Waals surface area (Å²) in [6.07, 6.45) is 1.58. The Morgan fingerprint density at radius 3 is 2.62 bits per heavy atom. The minimum Gasteiger partial charge on any atom is -0.496 e. The molecule has 0 amide bonds. The molecule has 10 heteroatoms. The van der Waals surface area contributed by atoms with Gasteiger partial charge in [0.15, 0.2) is 0 Å². The van der Waals surface area contributed by atoms with Gasteiger partial charge in [-0.05, 0) is 31.5 Å². The lowest BCUT2D eigenvalue weighted by atomic mass is 10.1. The molecule has 0 saturated carbocycles. The van der Waals surface area contributed by atoms with Gasteiger partial charge in [-0.25, -0.2) is 9.97 Å². The highest BCUT2D eigenvalue weighted by atomic mass is 31.2. The van der Waals surface area contributed by atoms with Crippen molar-refractivity contribution in [3.63, 3.8) is 0 Å². The molecule has 0 atom stereocenters. The number of anilines is 2. The van der Waals surface area contributed by atoms with Gasteiger partial charge >= 0.3 is 0 Å². The second-order valence-corrected chi connectivity index (χ2v) is 9.83. The van der Waals surface area contributed by atoms with Gasteiger partial charge in [-0.2, -0.15) is 4.98 Å². The Kier molecular flexibility index (Phi) is 5.89. The van der Waals surface area contributed by atoms with E-state index in [1.54, 1.807) is 25.5 Å². The zero-order chi connectivity index (χ0) is 21.0. The molecular formula is C19H20N5O4P. The molecule has 0 bridgehead atoms. The van der Waals surface area contributed by atoms with E-state index in [0.717, 1.165) is 0 Å². The lowest BCUT2D eigenvalue weighted by Gasteiger charge is -2.14. The monoisotopic (exact) mass is 413 g/mol. The molecule has 1 N–H and O–H groups in total. The molecule has 3 aromatic rings. The Bertz CT molecular complexity index is 1100. The number of para-hydroxylation sites is 1. The molecule has 0 spiro atoms. The number of nitrogens with zero attached hydrogens (tertiary/aromatic N) is 4. The Morgan fingerprint density at radius 2 is 1.93 bits per heavy atom. The van der Waals surface area contributed by atoms with E-state index in [1.807, 2.05) is 18.2 Å². The molecule has 1 heterocycles. The van der Waals surface area contributed by atoms with E-state index in [9.17, 15) is 14.7 Å². The van der Waals surface area contributed by atoms with Crippen LogP contribution in [0.4, 0.5) is 17.3 Å². The zero-order valence-electron chi connectivity index (χ0n) is 16.2. The molecule has 0 aliphatic heterocycles. The van der Waals surface area contributed by atoms with Crippen LogP contribution in [0.3, 0.4) is 0 Å². The Labute approximate surface area is 167 Å². The first-order valence-electron chi connectivity index (χ1n) is 8.69. The van der Waals surface area contributed by atoms with E-state index in [1.165, 1.54) is 25.6 Å². The number of nitro benzene ring substituents is 1. The molecular weight excluding hydrogens is 393 g/mol. The van der Waals surface area contributed by atoms with Crippen molar-refractivity contribution in [2.45, 2.75) is 6.42 Å². The second kappa shape index (κ2) is 8.36. The molecule has 150 valence electrons. The number of hydrogen-bond acceptors (Lipinski definition) is 8. The van der Waals surface area contributed by atoms with Crippen molar-refractivity contribution >= 4 is 29.8 Å². The van der Waals surface area contributed by atoms with Crippen LogP contribution in [0.1, 0.15) is 11.4 Å². The lowest BCUT2D eigenvalue weighted by molar-refractivity contribution is -0.384. The summed E-state index contributed by atoms with van der Waals surface area (Å²) in [5.41, 5.74) is 1.21. The predicted molar refractivity (Wildman–Crippen MR) is 111 cm³/mol. The van der Waals surface area contributed by atoms with Crippen molar-refractivity contribution in [3.8, 4) is 5.75 Å². The maximum Gasteiger partial charge on any atom is 0.269 e. The van der Waals surface area contributed by atoms with Crippen LogP contribution in [0.2, 0.25) is 0 Å². The number of methoxy groups -OCH3 is 1. The Balaban J connectivity index is 1.90. The fourth-order valence-corrected chi connectivity index (χ4v) is 3.99. The minimum atomic E-state index is -2.50. The van der Waals surface area contributed by atoms with Crippen molar-refractivity contribution in [1.82, 2.24) is 15.0 Å².